The second-order valence-electron chi connectivity index (χ2n) is 8.72. The van der Waals surface area contributed by atoms with Gasteiger partial charge in [0.1, 0.15) is 6.04 Å². The second kappa shape index (κ2) is 10.9. The molecule has 1 heterocycles. The van der Waals surface area contributed by atoms with E-state index in [2.05, 4.69) is 35.3 Å². The van der Waals surface area contributed by atoms with E-state index in [4.69, 9.17) is 4.74 Å². The van der Waals surface area contributed by atoms with Crippen LogP contribution in [0.3, 0.4) is 0 Å². The Morgan fingerprint density at radius 2 is 1.56 bits per heavy atom. The summed E-state index contributed by atoms with van der Waals surface area (Å²) < 4.78 is 5.04. The second-order valence-corrected chi connectivity index (χ2v) is 8.72. The molecule has 1 N–H and O–H groups in total. The number of amides is 1. The van der Waals surface area contributed by atoms with Gasteiger partial charge in [0.15, 0.2) is 0 Å². The normalized spacial score (nSPS) is 18.5. The van der Waals surface area contributed by atoms with E-state index in [1.807, 2.05) is 72.8 Å². The first kappa shape index (κ1) is 23.5. The summed E-state index contributed by atoms with van der Waals surface area (Å²) in [6, 6.07) is 27.3. The summed E-state index contributed by atoms with van der Waals surface area (Å²) in [7, 11) is 1.41. The lowest BCUT2D eigenvalue weighted by Crippen LogP contribution is -2.38. The maximum Gasteiger partial charge on any atom is 0.323 e. The highest BCUT2D eigenvalue weighted by molar-refractivity contribution is 5.95. The van der Waals surface area contributed by atoms with E-state index in [0.29, 0.717) is 25.1 Å². The standard InChI is InChI=1S/C29H30N2O3/c1-21(17-22-9-5-3-6-10-22)19-31-20-26(18-27(31)29(33)34-2)30-28(32)25-15-13-24(14-16-25)23-11-7-4-8-12-23/h3-17,26-27H,18-20H2,1-2H3,(H,30,32)/b21-17+/t26-,27+/m1/s1. The lowest BCUT2D eigenvalue weighted by atomic mass is 10.0. The Kier molecular flexibility index (Phi) is 7.55. The molecule has 174 valence electrons. The number of hydrogen-bond donors (Lipinski definition) is 1. The maximum absolute atomic E-state index is 12.9. The third-order valence-corrected chi connectivity index (χ3v) is 6.13. The van der Waals surface area contributed by atoms with E-state index >= 15 is 0 Å². The Labute approximate surface area is 201 Å². The van der Waals surface area contributed by atoms with Crippen molar-refractivity contribution in [3.05, 3.63) is 102 Å². The van der Waals surface area contributed by atoms with Crippen LogP contribution in [0.25, 0.3) is 17.2 Å². The van der Waals surface area contributed by atoms with Crippen LogP contribution in [-0.2, 0) is 9.53 Å². The van der Waals surface area contributed by atoms with Crippen LogP contribution in [0.1, 0.15) is 29.3 Å². The van der Waals surface area contributed by atoms with Gasteiger partial charge in [-0.2, -0.15) is 0 Å². The molecule has 1 saturated heterocycles. The number of methoxy groups -OCH3 is 1. The minimum atomic E-state index is -0.380. The summed E-state index contributed by atoms with van der Waals surface area (Å²) in [5.74, 6) is -0.400. The molecule has 1 aliphatic heterocycles. The molecule has 0 aromatic heterocycles. The van der Waals surface area contributed by atoms with Gasteiger partial charge < -0.3 is 10.1 Å². The first-order chi connectivity index (χ1) is 16.5. The largest absolute Gasteiger partial charge is 0.468 e. The van der Waals surface area contributed by atoms with Crippen molar-refractivity contribution in [3.8, 4) is 11.1 Å². The molecule has 3 aromatic rings. The number of benzene rings is 3. The number of likely N-dealkylation sites (tertiary alicyclic amines) is 1. The summed E-state index contributed by atoms with van der Waals surface area (Å²) >= 11 is 0. The first-order valence-electron chi connectivity index (χ1n) is 11.5. The number of esters is 1. The zero-order valence-corrected chi connectivity index (χ0v) is 19.6. The van der Waals surface area contributed by atoms with Crippen LogP contribution < -0.4 is 5.32 Å². The monoisotopic (exact) mass is 454 g/mol. The van der Waals surface area contributed by atoms with E-state index in [1.165, 1.54) is 7.11 Å². The number of rotatable bonds is 7. The zero-order chi connectivity index (χ0) is 23.9. The molecule has 0 unspecified atom stereocenters. The fourth-order valence-corrected chi connectivity index (χ4v) is 4.48. The summed E-state index contributed by atoms with van der Waals surface area (Å²) in [4.78, 5) is 27.4. The van der Waals surface area contributed by atoms with Crippen molar-refractivity contribution in [2.75, 3.05) is 20.2 Å². The van der Waals surface area contributed by atoms with Gasteiger partial charge in [0.2, 0.25) is 0 Å². The molecule has 5 nitrogen and oxygen atoms in total. The van der Waals surface area contributed by atoms with Gasteiger partial charge in [-0.3, -0.25) is 14.5 Å². The van der Waals surface area contributed by atoms with E-state index < -0.39 is 0 Å². The molecule has 0 spiro atoms. The lowest BCUT2D eigenvalue weighted by Gasteiger charge is -2.22. The smallest absolute Gasteiger partial charge is 0.323 e. The third kappa shape index (κ3) is 5.80. The molecule has 3 aromatic carbocycles. The van der Waals surface area contributed by atoms with Crippen LogP contribution >= 0.6 is 0 Å². The Balaban J connectivity index is 1.41. The molecule has 0 bridgehead atoms. The van der Waals surface area contributed by atoms with Crippen molar-refractivity contribution in [2.24, 2.45) is 0 Å². The molecular weight excluding hydrogens is 424 g/mol. The Morgan fingerprint density at radius 3 is 2.21 bits per heavy atom. The van der Waals surface area contributed by atoms with Gasteiger partial charge in [-0.05, 0) is 42.2 Å². The average Bonchev–Trinajstić information content (AvgIpc) is 3.26. The number of carbonyl (C=O) groups excluding carboxylic acids is 2. The molecule has 1 fully saturated rings. The van der Waals surface area contributed by atoms with Gasteiger partial charge >= 0.3 is 5.97 Å². The van der Waals surface area contributed by atoms with Crippen molar-refractivity contribution in [3.63, 3.8) is 0 Å². The topological polar surface area (TPSA) is 58.6 Å². The number of hydrogen-bond acceptors (Lipinski definition) is 4. The molecule has 0 aliphatic carbocycles. The lowest BCUT2D eigenvalue weighted by molar-refractivity contribution is -0.145. The Morgan fingerprint density at radius 1 is 0.941 bits per heavy atom. The van der Waals surface area contributed by atoms with Gasteiger partial charge in [0.25, 0.3) is 5.91 Å². The zero-order valence-electron chi connectivity index (χ0n) is 19.6. The first-order valence-corrected chi connectivity index (χ1v) is 11.5. The molecule has 0 radical (unpaired) electrons. The average molecular weight is 455 g/mol. The number of carbonyl (C=O) groups is 2. The van der Waals surface area contributed by atoms with Crippen molar-refractivity contribution < 1.29 is 14.3 Å². The Bertz CT molecular complexity index is 1140. The van der Waals surface area contributed by atoms with Gasteiger partial charge in [-0.15, -0.1) is 0 Å². The molecule has 1 amide bonds. The maximum atomic E-state index is 12.9. The van der Waals surface area contributed by atoms with Gasteiger partial charge in [-0.1, -0.05) is 84.4 Å². The molecular formula is C29H30N2O3. The molecule has 4 rings (SSSR count). The molecule has 2 atom stereocenters. The van der Waals surface area contributed by atoms with E-state index in [-0.39, 0.29) is 24.0 Å². The highest BCUT2D eigenvalue weighted by Gasteiger charge is 2.38. The van der Waals surface area contributed by atoms with Crippen LogP contribution in [0.5, 0.6) is 0 Å². The fourth-order valence-electron chi connectivity index (χ4n) is 4.48. The van der Waals surface area contributed by atoms with Gasteiger partial charge in [0, 0.05) is 24.7 Å². The van der Waals surface area contributed by atoms with E-state index in [1.54, 1.807) is 0 Å². The molecule has 34 heavy (non-hydrogen) atoms. The summed E-state index contributed by atoms with van der Waals surface area (Å²) in [5, 5.41) is 3.11. The predicted octanol–water partition coefficient (Wildman–Crippen LogP) is 4.80. The molecule has 5 heteroatoms. The number of nitrogens with one attached hydrogen (secondary N) is 1. The number of ether oxygens (including phenoxy) is 1. The van der Waals surface area contributed by atoms with E-state index in [9.17, 15) is 9.59 Å². The van der Waals surface area contributed by atoms with Crippen LogP contribution in [0.2, 0.25) is 0 Å². The van der Waals surface area contributed by atoms with Crippen LogP contribution in [-0.4, -0.2) is 49.1 Å². The van der Waals surface area contributed by atoms with Crippen LogP contribution in [0, 0.1) is 0 Å². The minimum Gasteiger partial charge on any atom is -0.468 e. The van der Waals surface area contributed by atoms with E-state index in [0.717, 1.165) is 22.3 Å². The summed E-state index contributed by atoms with van der Waals surface area (Å²) in [6.07, 6.45) is 2.65. The SMILES string of the molecule is COC(=O)[C@@H]1C[C@@H](NC(=O)c2ccc(-c3ccccc3)cc2)CN1C/C(C)=C/c1ccccc1. The number of nitrogens with zero attached hydrogens (tertiary/aromatic N) is 1. The highest BCUT2D eigenvalue weighted by Crippen LogP contribution is 2.23. The van der Waals surface area contributed by atoms with Crippen molar-refractivity contribution in [2.45, 2.75) is 25.4 Å². The van der Waals surface area contributed by atoms with Gasteiger partial charge in [-0.25, -0.2) is 0 Å². The fraction of sp³-hybridized carbons (Fsp3) is 0.241. The van der Waals surface area contributed by atoms with Crippen molar-refractivity contribution in [1.82, 2.24) is 10.2 Å². The molecule has 0 saturated carbocycles. The highest BCUT2D eigenvalue weighted by atomic mass is 16.5. The third-order valence-electron chi connectivity index (χ3n) is 6.13. The Hall–Kier alpha value is -3.70. The predicted molar refractivity (Wildman–Crippen MR) is 135 cm³/mol. The van der Waals surface area contributed by atoms with Crippen LogP contribution in [0.15, 0.2) is 90.5 Å². The molecule has 1 aliphatic rings. The summed E-state index contributed by atoms with van der Waals surface area (Å²) in [6.45, 7) is 3.28. The van der Waals surface area contributed by atoms with Crippen molar-refractivity contribution in [1.29, 1.82) is 0 Å². The van der Waals surface area contributed by atoms with Gasteiger partial charge in [0.05, 0.1) is 7.11 Å². The minimum absolute atomic E-state index is 0.130. The van der Waals surface area contributed by atoms with Crippen LogP contribution in [0.4, 0.5) is 0 Å². The van der Waals surface area contributed by atoms with Crippen molar-refractivity contribution >= 4 is 18.0 Å². The summed E-state index contributed by atoms with van der Waals surface area (Å²) in [5.41, 5.74) is 5.05. The quantitative estimate of drug-likeness (QED) is 0.521.